The first-order valence-corrected chi connectivity index (χ1v) is 8.25. The maximum Gasteiger partial charge on any atom is 0.193 e. The third-order valence-electron chi connectivity index (χ3n) is 3.12. The Kier molecular flexibility index (Phi) is 4.96. The van der Waals surface area contributed by atoms with Crippen molar-refractivity contribution < 1.29 is 4.21 Å². The Morgan fingerprint density at radius 3 is 2.63 bits per heavy atom. The largest absolute Gasteiger partial charge is 0.352 e. The van der Waals surface area contributed by atoms with Gasteiger partial charge in [0.2, 0.25) is 0 Å². The van der Waals surface area contributed by atoms with E-state index >= 15 is 0 Å². The fraction of sp³-hybridized carbons (Fsp3) is 0.500. The van der Waals surface area contributed by atoms with Crippen molar-refractivity contribution in [1.29, 1.82) is 0 Å². The summed E-state index contributed by atoms with van der Waals surface area (Å²) in [6.45, 7) is 2.75. The number of guanidine groups is 1. The van der Waals surface area contributed by atoms with Crippen LogP contribution in [0, 0.1) is 0 Å². The lowest BCUT2D eigenvalue weighted by molar-refractivity contribution is 0.446. The molecule has 5 heteroatoms. The van der Waals surface area contributed by atoms with Crippen LogP contribution in [0.2, 0.25) is 0 Å². The topological polar surface area (TPSA) is 44.7 Å². The van der Waals surface area contributed by atoms with Crippen LogP contribution in [0.5, 0.6) is 0 Å². The summed E-state index contributed by atoms with van der Waals surface area (Å²) in [5, 5.41) is 3.36. The van der Waals surface area contributed by atoms with Crippen LogP contribution in [-0.2, 0) is 23.1 Å². The Labute approximate surface area is 117 Å². The van der Waals surface area contributed by atoms with Crippen LogP contribution in [0.15, 0.2) is 29.3 Å². The number of nitrogens with one attached hydrogen (secondary N) is 1. The minimum Gasteiger partial charge on any atom is -0.352 e. The molecular weight excluding hydrogens is 258 g/mol. The summed E-state index contributed by atoms with van der Waals surface area (Å²) >= 11 is 0. The lowest BCUT2D eigenvalue weighted by atomic mass is 10.1. The van der Waals surface area contributed by atoms with Gasteiger partial charge < -0.3 is 10.2 Å². The normalized spacial score (nSPS) is 16.9. The first-order valence-electron chi connectivity index (χ1n) is 6.52. The second-order valence-corrected chi connectivity index (χ2v) is 6.30. The molecule has 0 saturated carbocycles. The average Bonchev–Trinajstić information content (AvgIpc) is 2.39. The summed E-state index contributed by atoms with van der Waals surface area (Å²) < 4.78 is 11.1. The van der Waals surface area contributed by atoms with Crippen molar-refractivity contribution in [2.45, 2.75) is 18.7 Å². The molecule has 0 saturated heterocycles. The number of hydrogen-bond donors (Lipinski definition) is 1. The molecule has 104 valence electrons. The molecule has 0 radical (unpaired) electrons. The molecule has 0 aliphatic carbocycles. The van der Waals surface area contributed by atoms with Gasteiger partial charge in [-0.15, -0.1) is 0 Å². The monoisotopic (exact) mass is 279 g/mol. The van der Waals surface area contributed by atoms with Gasteiger partial charge in [-0.3, -0.25) is 9.20 Å². The van der Waals surface area contributed by atoms with Crippen molar-refractivity contribution in [3.05, 3.63) is 35.4 Å². The van der Waals surface area contributed by atoms with Crippen LogP contribution in [0.1, 0.15) is 17.5 Å². The van der Waals surface area contributed by atoms with Crippen LogP contribution in [0.4, 0.5) is 0 Å². The van der Waals surface area contributed by atoms with E-state index in [0.29, 0.717) is 5.75 Å². The Morgan fingerprint density at radius 1 is 1.32 bits per heavy atom. The molecule has 0 bridgehead atoms. The number of rotatable bonds is 4. The van der Waals surface area contributed by atoms with E-state index in [4.69, 9.17) is 0 Å². The van der Waals surface area contributed by atoms with E-state index in [2.05, 4.69) is 34.4 Å². The molecule has 0 amide bonds. The minimum atomic E-state index is -0.777. The van der Waals surface area contributed by atoms with E-state index in [1.165, 1.54) is 5.56 Å². The van der Waals surface area contributed by atoms with Crippen LogP contribution in [0.25, 0.3) is 0 Å². The van der Waals surface area contributed by atoms with Gasteiger partial charge in [0.25, 0.3) is 0 Å². The third-order valence-corrected chi connectivity index (χ3v) is 3.86. The van der Waals surface area contributed by atoms with E-state index in [-0.39, 0.29) is 0 Å². The van der Waals surface area contributed by atoms with E-state index in [1.54, 1.807) is 6.26 Å². The van der Waals surface area contributed by atoms with Crippen molar-refractivity contribution in [2.24, 2.45) is 4.99 Å². The summed E-state index contributed by atoms with van der Waals surface area (Å²) in [4.78, 5) is 6.62. The molecular formula is C14H21N3OS. The van der Waals surface area contributed by atoms with E-state index in [1.807, 2.05) is 12.1 Å². The van der Waals surface area contributed by atoms with Crippen LogP contribution < -0.4 is 5.32 Å². The Morgan fingerprint density at radius 2 is 2.00 bits per heavy atom. The summed E-state index contributed by atoms with van der Waals surface area (Å²) in [6.07, 6.45) is 2.86. The number of hydrogen-bond acceptors (Lipinski definition) is 4. The summed E-state index contributed by atoms with van der Waals surface area (Å²) in [5.41, 5.74) is 2.34. The molecule has 1 aromatic rings. The van der Waals surface area contributed by atoms with E-state index < -0.39 is 10.8 Å². The first-order chi connectivity index (χ1) is 9.15. The zero-order valence-electron chi connectivity index (χ0n) is 11.6. The van der Waals surface area contributed by atoms with Gasteiger partial charge in [-0.1, -0.05) is 24.3 Å². The zero-order chi connectivity index (χ0) is 13.7. The van der Waals surface area contributed by atoms with Crippen molar-refractivity contribution in [1.82, 2.24) is 10.2 Å². The SMILES string of the molecule is CN1CCCN=C1NCc1ccc(CS(C)=O)cc1. The van der Waals surface area contributed by atoms with Gasteiger partial charge in [-0.05, 0) is 17.5 Å². The fourth-order valence-electron chi connectivity index (χ4n) is 2.08. The van der Waals surface area contributed by atoms with Crippen LogP contribution in [-0.4, -0.2) is 41.5 Å². The van der Waals surface area contributed by atoms with Gasteiger partial charge in [0.15, 0.2) is 5.96 Å². The van der Waals surface area contributed by atoms with Gasteiger partial charge in [-0.2, -0.15) is 0 Å². The average molecular weight is 279 g/mol. The van der Waals surface area contributed by atoms with Crippen molar-refractivity contribution in [3.8, 4) is 0 Å². The summed E-state index contributed by atoms with van der Waals surface area (Å²) in [7, 11) is 1.28. The quantitative estimate of drug-likeness (QED) is 0.905. The lowest BCUT2D eigenvalue weighted by Crippen LogP contribution is -2.41. The van der Waals surface area contributed by atoms with Crippen molar-refractivity contribution in [2.75, 3.05) is 26.4 Å². The van der Waals surface area contributed by atoms with E-state index in [9.17, 15) is 4.21 Å². The summed E-state index contributed by atoms with van der Waals surface area (Å²) in [5.74, 6) is 1.60. The van der Waals surface area contributed by atoms with Crippen LogP contribution >= 0.6 is 0 Å². The molecule has 1 aliphatic heterocycles. The molecule has 2 rings (SSSR count). The van der Waals surface area contributed by atoms with Gasteiger partial charge in [0.05, 0.1) is 0 Å². The molecule has 1 N–H and O–H groups in total. The fourth-order valence-corrected chi connectivity index (χ4v) is 2.74. The molecule has 4 nitrogen and oxygen atoms in total. The Bertz CT molecular complexity index is 470. The predicted octanol–water partition coefficient (Wildman–Crippen LogP) is 1.35. The number of nitrogens with zero attached hydrogens (tertiary/aromatic N) is 2. The zero-order valence-corrected chi connectivity index (χ0v) is 12.4. The Balaban J connectivity index is 1.89. The second kappa shape index (κ2) is 6.70. The van der Waals surface area contributed by atoms with Crippen molar-refractivity contribution in [3.63, 3.8) is 0 Å². The van der Waals surface area contributed by atoms with Crippen molar-refractivity contribution >= 4 is 16.8 Å². The number of benzene rings is 1. The highest BCUT2D eigenvalue weighted by molar-refractivity contribution is 7.83. The minimum absolute atomic E-state index is 0.628. The molecule has 1 aromatic carbocycles. The first kappa shape index (κ1) is 14.1. The molecule has 0 spiro atoms. The van der Waals surface area contributed by atoms with Gasteiger partial charge in [0.1, 0.15) is 0 Å². The Hall–Kier alpha value is -1.36. The van der Waals surface area contributed by atoms with Crippen LogP contribution in [0.3, 0.4) is 0 Å². The number of aliphatic imine (C=N–C) groups is 1. The summed E-state index contributed by atoms with van der Waals surface area (Å²) in [6, 6.07) is 8.26. The molecule has 1 atom stereocenters. The van der Waals surface area contributed by atoms with Gasteiger partial charge in [-0.25, -0.2) is 0 Å². The smallest absolute Gasteiger partial charge is 0.193 e. The highest BCUT2D eigenvalue weighted by Gasteiger charge is 2.09. The molecule has 19 heavy (non-hydrogen) atoms. The molecule has 0 aromatic heterocycles. The molecule has 1 unspecified atom stereocenters. The molecule has 1 heterocycles. The molecule has 1 aliphatic rings. The van der Waals surface area contributed by atoms with Gasteiger partial charge >= 0.3 is 0 Å². The highest BCUT2D eigenvalue weighted by Crippen LogP contribution is 2.07. The lowest BCUT2D eigenvalue weighted by Gasteiger charge is -2.25. The highest BCUT2D eigenvalue weighted by atomic mass is 32.2. The predicted molar refractivity (Wildman–Crippen MR) is 80.6 cm³/mol. The maximum absolute atomic E-state index is 11.1. The second-order valence-electron chi connectivity index (χ2n) is 4.87. The maximum atomic E-state index is 11.1. The molecule has 0 fully saturated rings. The third kappa shape index (κ3) is 4.35. The van der Waals surface area contributed by atoms with Gasteiger partial charge in [0, 0.05) is 49.5 Å². The van der Waals surface area contributed by atoms with E-state index in [0.717, 1.165) is 37.6 Å². The standard InChI is InChI=1S/C14H21N3OS/c1-17-9-3-8-15-14(17)16-10-12-4-6-13(7-5-12)11-19(2)18/h4-7H,3,8-11H2,1-2H3,(H,15,16).